The normalized spacial score (nSPS) is 12.6. The van der Waals surface area contributed by atoms with Crippen molar-refractivity contribution >= 4 is 29.8 Å². The lowest BCUT2D eigenvalue weighted by atomic mass is 10.3. The molecule has 1 rings (SSSR count). The van der Waals surface area contributed by atoms with E-state index >= 15 is 0 Å². The van der Waals surface area contributed by atoms with E-state index < -0.39 is 34.7 Å². The molecule has 9 heteroatoms. The van der Waals surface area contributed by atoms with E-state index in [-0.39, 0.29) is 6.54 Å². The maximum Gasteiger partial charge on any atom is 0.261 e. The first kappa shape index (κ1) is 17.4. The van der Waals surface area contributed by atoms with E-state index in [0.717, 1.165) is 25.0 Å². The van der Waals surface area contributed by atoms with Crippen LogP contribution in [0.5, 0.6) is 0 Å². The van der Waals surface area contributed by atoms with Crippen LogP contribution in [-0.4, -0.2) is 23.4 Å². The van der Waals surface area contributed by atoms with Gasteiger partial charge in [-0.1, -0.05) is 19.8 Å². The number of hydrogen-bond acceptors (Lipinski definition) is 4. The van der Waals surface area contributed by atoms with Crippen LogP contribution in [0.3, 0.4) is 0 Å². The van der Waals surface area contributed by atoms with Crippen molar-refractivity contribution in [1.82, 2.24) is 4.72 Å². The molecule has 1 aromatic rings. The SMILES string of the molecule is CCCCCNS(=O)(=O)c1ccc(S(=O)(=O)Cl)cc1F. The van der Waals surface area contributed by atoms with Gasteiger partial charge in [0, 0.05) is 17.2 Å². The topological polar surface area (TPSA) is 80.3 Å². The summed E-state index contributed by atoms with van der Waals surface area (Å²) in [5, 5.41) is 0. The smallest absolute Gasteiger partial charge is 0.211 e. The van der Waals surface area contributed by atoms with Crippen molar-refractivity contribution in [3.8, 4) is 0 Å². The van der Waals surface area contributed by atoms with Crippen molar-refractivity contribution in [2.75, 3.05) is 6.54 Å². The third kappa shape index (κ3) is 4.69. The molecule has 0 radical (unpaired) electrons. The van der Waals surface area contributed by atoms with Crippen LogP contribution in [0.1, 0.15) is 26.2 Å². The predicted octanol–water partition coefficient (Wildman–Crippen LogP) is 2.22. The zero-order valence-corrected chi connectivity index (χ0v) is 13.2. The fraction of sp³-hybridized carbons (Fsp3) is 0.455. The molecule has 0 atom stereocenters. The second kappa shape index (κ2) is 6.84. The summed E-state index contributed by atoms with van der Waals surface area (Å²) in [5.74, 6) is -1.16. The van der Waals surface area contributed by atoms with Gasteiger partial charge in [-0.15, -0.1) is 0 Å². The average molecular weight is 344 g/mol. The minimum atomic E-state index is -4.09. The van der Waals surface area contributed by atoms with Gasteiger partial charge in [-0.3, -0.25) is 0 Å². The van der Waals surface area contributed by atoms with Crippen LogP contribution >= 0.6 is 10.7 Å². The van der Waals surface area contributed by atoms with Crippen LogP contribution in [0.4, 0.5) is 4.39 Å². The van der Waals surface area contributed by atoms with Crippen molar-refractivity contribution in [2.45, 2.75) is 36.0 Å². The molecule has 0 amide bonds. The molecule has 0 saturated carbocycles. The summed E-state index contributed by atoms with van der Waals surface area (Å²) >= 11 is 0. The Bertz CT molecular complexity index is 674. The molecule has 0 bridgehead atoms. The van der Waals surface area contributed by atoms with Crippen LogP contribution in [0.2, 0.25) is 0 Å². The van der Waals surface area contributed by atoms with Gasteiger partial charge in [0.1, 0.15) is 10.7 Å². The second-order valence-corrected chi connectivity index (χ2v) is 8.44. The number of sulfonamides is 1. The molecule has 0 saturated heterocycles. The summed E-state index contributed by atoms with van der Waals surface area (Å²) in [6.07, 6.45) is 2.43. The van der Waals surface area contributed by atoms with E-state index in [0.29, 0.717) is 12.5 Å². The van der Waals surface area contributed by atoms with Crippen molar-refractivity contribution < 1.29 is 21.2 Å². The van der Waals surface area contributed by atoms with Gasteiger partial charge < -0.3 is 0 Å². The minimum Gasteiger partial charge on any atom is -0.211 e. The average Bonchev–Trinajstić information content (AvgIpc) is 2.33. The molecule has 0 fully saturated rings. The summed E-state index contributed by atoms with van der Waals surface area (Å²) in [7, 11) is -3.04. The van der Waals surface area contributed by atoms with E-state index in [1.54, 1.807) is 0 Å². The summed E-state index contributed by atoms with van der Waals surface area (Å²) in [5.41, 5.74) is 0. The number of hydrogen-bond donors (Lipinski definition) is 1. The number of rotatable bonds is 7. The van der Waals surface area contributed by atoms with Gasteiger partial charge in [0.05, 0.1) is 4.90 Å². The lowest BCUT2D eigenvalue weighted by molar-refractivity contribution is 0.550. The molecule has 5 nitrogen and oxygen atoms in total. The highest BCUT2D eigenvalue weighted by Gasteiger charge is 2.21. The van der Waals surface area contributed by atoms with Gasteiger partial charge in [0.25, 0.3) is 9.05 Å². The van der Waals surface area contributed by atoms with Crippen molar-refractivity contribution in [1.29, 1.82) is 0 Å². The highest BCUT2D eigenvalue weighted by Crippen LogP contribution is 2.21. The van der Waals surface area contributed by atoms with Gasteiger partial charge in [-0.2, -0.15) is 0 Å². The molecule has 0 spiro atoms. The van der Waals surface area contributed by atoms with E-state index in [1.165, 1.54) is 0 Å². The van der Waals surface area contributed by atoms with Gasteiger partial charge in [-0.25, -0.2) is 25.9 Å². The third-order valence-electron chi connectivity index (χ3n) is 2.55. The van der Waals surface area contributed by atoms with Gasteiger partial charge >= 0.3 is 0 Å². The van der Waals surface area contributed by atoms with E-state index in [4.69, 9.17) is 10.7 Å². The Balaban J connectivity index is 2.97. The van der Waals surface area contributed by atoms with Crippen LogP contribution in [-0.2, 0) is 19.1 Å². The van der Waals surface area contributed by atoms with Gasteiger partial charge in [-0.05, 0) is 24.6 Å². The maximum absolute atomic E-state index is 13.7. The molecule has 0 aliphatic heterocycles. The Labute approximate surface area is 122 Å². The Morgan fingerprint density at radius 3 is 2.35 bits per heavy atom. The molecular formula is C11H15ClFNO4S2. The standard InChI is InChI=1S/C11H15ClFNO4S2/c1-2-3-4-7-14-20(17,18)11-6-5-9(8-10(11)13)19(12,15)16/h5-6,8,14H,2-4,7H2,1H3. The van der Waals surface area contributed by atoms with Crippen LogP contribution < -0.4 is 4.72 Å². The predicted molar refractivity (Wildman–Crippen MR) is 74.2 cm³/mol. The Morgan fingerprint density at radius 2 is 1.85 bits per heavy atom. The van der Waals surface area contributed by atoms with Crippen molar-refractivity contribution in [3.05, 3.63) is 24.0 Å². The lowest BCUT2D eigenvalue weighted by Gasteiger charge is -2.08. The first-order chi connectivity index (χ1) is 9.18. The third-order valence-corrected chi connectivity index (χ3v) is 5.39. The zero-order valence-electron chi connectivity index (χ0n) is 10.8. The molecule has 0 aliphatic carbocycles. The van der Waals surface area contributed by atoms with Gasteiger partial charge in [0.2, 0.25) is 10.0 Å². The largest absolute Gasteiger partial charge is 0.261 e. The molecule has 1 N–H and O–H groups in total. The quantitative estimate of drug-likeness (QED) is 0.608. The Morgan fingerprint density at radius 1 is 1.20 bits per heavy atom. The molecule has 0 aromatic heterocycles. The highest BCUT2D eigenvalue weighted by molar-refractivity contribution is 8.13. The number of unbranched alkanes of at least 4 members (excludes halogenated alkanes) is 2. The molecule has 114 valence electrons. The van der Waals surface area contributed by atoms with Crippen molar-refractivity contribution in [3.63, 3.8) is 0 Å². The van der Waals surface area contributed by atoms with Gasteiger partial charge in [0.15, 0.2) is 0 Å². The van der Waals surface area contributed by atoms with Crippen molar-refractivity contribution in [2.24, 2.45) is 0 Å². The summed E-state index contributed by atoms with van der Waals surface area (Å²) in [6.45, 7) is 2.17. The number of benzene rings is 1. The summed E-state index contributed by atoms with van der Waals surface area (Å²) in [4.78, 5) is -1.08. The fourth-order valence-corrected chi connectivity index (χ4v) is 3.40. The maximum atomic E-state index is 13.7. The molecule has 0 heterocycles. The molecule has 0 unspecified atom stereocenters. The molecule has 0 aliphatic rings. The molecule has 1 aromatic carbocycles. The zero-order chi connectivity index (χ0) is 15.4. The summed E-state index contributed by atoms with van der Waals surface area (Å²) < 4.78 is 61.7. The summed E-state index contributed by atoms with van der Waals surface area (Å²) in [6, 6.07) is 2.42. The van der Waals surface area contributed by atoms with E-state index in [1.807, 2.05) is 6.92 Å². The minimum absolute atomic E-state index is 0.200. The van der Waals surface area contributed by atoms with Crippen LogP contribution in [0.25, 0.3) is 0 Å². The Kier molecular flexibility index (Phi) is 5.93. The fourth-order valence-electron chi connectivity index (χ4n) is 1.51. The second-order valence-electron chi connectivity index (χ2n) is 4.13. The molecule has 20 heavy (non-hydrogen) atoms. The lowest BCUT2D eigenvalue weighted by Crippen LogP contribution is -2.25. The first-order valence-corrected chi connectivity index (χ1v) is 9.71. The monoisotopic (exact) mass is 343 g/mol. The first-order valence-electron chi connectivity index (χ1n) is 5.92. The number of halogens is 2. The van der Waals surface area contributed by atoms with Crippen LogP contribution in [0, 0.1) is 5.82 Å². The highest BCUT2D eigenvalue weighted by atomic mass is 35.7. The molecular weight excluding hydrogens is 329 g/mol. The number of nitrogens with one attached hydrogen (secondary N) is 1. The Hall–Kier alpha value is -0.700. The van der Waals surface area contributed by atoms with Crippen LogP contribution in [0.15, 0.2) is 28.0 Å². The van der Waals surface area contributed by atoms with E-state index in [2.05, 4.69) is 4.72 Å². The van der Waals surface area contributed by atoms with E-state index in [9.17, 15) is 21.2 Å².